The first-order chi connectivity index (χ1) is 8.63. The Bertz CT molecular complexity index is 464. The van der Waals surface area contributed by atoms with E-state index < -0.39 is 5.97 Å². The highest BCUT2D eigenvalue weighted by atomic mass is 16.4. The van der Waals surface area contributed by atoms with Crippen molar-refractivity contribution in [1.29, 1.82) is 5.26 Å². The second-order valence-corrected chi connectivity index (χ2v) is 3.49. The van der Waals surface area contributed by atoms with Gasteiger partial charge in [0.15, 0.2) is 12.7 Å². The number of hydrogen-bond donors (Lipinski definition) is 2. The highest BCUT2D eigenvalue weighted by Gasteiger charge is 2.10. The summed E-state index contributed by atoms with van der Waals surface area (Å²) >= 11 is 0. The predicted octanol–water partition coefficient (Wildman–Crippen LogP) is -0.513. The van der Waals surface area contributed by atoms with E-state index in [0.717, 1.165) is 0 Å². The summed E-state index contributed by atoms with van der Waals surface area (Å²) in [5, 5.41) is 23.3. The fourth-order valence-electron chi connectivity index (χ4n) is 1.19. The molecule has 0 aliphatic carbocycles. The summed E-state index contributed by atoms with van der Waals surface area (Å²) in [6.07, 6.45) is 3.14. The van der Waals surface area contributed by atoms with Crippen LogP contribution in [0.3, 0.4) is 0 Å². The van der Waals surface area contributed by atoms with Crippen molar-refractivity contribution in [2.45, 2.75) is 19.4 Å². The first-order valence-electron chi connectivity index (χ1n) is 5.36. The van der Waals surface area contributed by atoms with Gasteiger partial charge in [-0.1, -0.05) is 4.68 Å². The second kappa shape index (κ2) is 6.96. The fraction of sp³-hybridized carbons (Fsp3) is 0.364. The van der Waals surface area contributed by atoms with Crippen molar-refractivity contribution in [2.24, 2.45) is 0 Å². The number of nitrogens with zero attached hydrogens (tertiary/aromatic N) is 3. The normalized spacial score (nSPS) is 9.50. The maximum atomic E-state index is 11.5. The van der Waals surface area contributed by atoms with Crippen molar-refractivity contribution >= 4 is 11.9 Å². The molecule has 1 heterocycles. The van der Waals surface area contributed by atoms with Crippen LogP contribution in [-0.2, 0) is 11.3 Å². The Morgan fingerprint density at radius 1 is 1.56 bits per heavy atom. The van der Waals surface area contributed by atoms with Gasteiger partial charge < -0.3 is 10.4 Å². The fourth-order valence-corrected chi connectivity index (χ4v) is 1.19. The number of nitriles is 1. The minimum Gasteiger partial charge on any atom is -0.481 e. The number of aryl methyl sites for hydroxylation is 1. The van der Waals surface area contributed by atoms with Crippen molar-refractivity contribution in [2.75, 3.05) is 6.54 Å². The third kappa shape index (κ3) is 4.57. The minimum atomic E-state index is -0.900. The van der Waals surface area contributed by atoms with Crippen molar-refractivity contribution in [1.82, 2.24) is 10.4 Å². The van der Waals surface area contributed by atoms with E-state index in [1.807, 2.05) is 6.07 Å². The Labute approximate surface area is 104 Å². The van der Waals surface area contributed by atoms with Crippen LogP contribution in [0.4, 0.5) is 0 Å². The van der Waals surface area contributed by atoms with Crippen molar-refractivity contribution in [3.63, 3.8) is 0 Å². The van der Waals surface area contributed by atoms with Crippen LogP contribution in [-0.4, -0.2) is 28.6 Å². The van der Waals surface area contributed by atoms with Gasteiger partial charge in [0.05, 0.1) is 18.1 Å². The number of carbonyl (C=O) groups is 2. The van der Waals surface area contributed by atoms with Crippen LogP contribution in [0.15, 0.2) is 18.5 Å². The zero-order valence-corrected chi connectivity index (χ0v) is 9.67. The van der Waals surface area contributed by atoms with Crippen LogP contribution >= 0.6 is 0 Å². The number of aliphatic carboxylic acids is 1. The van der Waals surface area contributed by atoms with Gasteiger partial charge in [-0.2, -0.15) is 5.26 Å². The van der Waals surface area contributed by atoms with Crippen LogP contribution in [0.1, 0.15) is 23.2 Å². The van der Waals surface area contributed by atoms with Gasteiger partial charge in [0.1, 0.15) is 12.6 Å². The quantitative estimate of drug-likeness (QED) is 0.521. The Balaban J connectivity index is 2.51. The van der Waals surface area contributed by atoms with Gasteiger partial charge in [-0.15, -0.1) is 0 Å². The van der Waals surface area contributed by atoms with Crippen molar-refractivity contribution in [3.05, 3.63) is 24.0 Å². The minimum absolute atomic E-state index is 0.0224. The van der Waals surface area contributed by atoms with E-state index in [2.05, 4.69) is 10.4 Å². The maximum absolute atomic E-state index is 11.5. The van der Waals surface area contributed by atoms with Gasteiger partial charge in [-0.25, -0.2) is 0 Å². The number of aromatic nitrogens is 2. The lowest BCUT2D eigenvalue weighted by molar-refractivity contribution is -0.753. The summed E-state index contributed by atoms with van der Waals surface area (Å²) in [5.74, 6) is -1.20. The number of carboxylic acids is 1. The number of amides is 1. The molecule has 1 aromatic rings. The predicted molar refractivity (Wildman–Crippen MR) is 59.2 cm³/mol. The molecular formula is C11H13N4O3+. The van der Waals surface area contributed by atoms with E-state index in [9.17, 15) is 9.59 Å². The molecule has 94 valence electrons. The van der Waals surface area contributed by atoms with Crippen LogP contribution < -0.4 is 10.00 Å². The monoisotopic (exact) mass is 249 g/mol. The SMILES string of the molecule is N#CCCNC(=O)c1cc[n+](CCC(=O)O)nc1. The average molecular weight is 249 g/mol. The summed E-state index contributed by atoms with van der Waals surface area (Å²) in [6.45, 7) is 0.551. The third-order valence-corrected chi connectivity index (χ3v) is 2.11. The lowest BCUT2D eigenvalue weighted by atomic mass is 10.3. The molecule has 1 aromatic heterocycles. The lowest BCUT2D eigenvalue weighted by Gasteiger charge is -2.00. The smallest absolute Gasteiger partial charge is 0.309 e. The molecule has 0 saturated carbocycles. The molecule has 0 bridgehead atoms. The molecule has 0 atom stereocenters. The average Bonchev–Trinajstić information content (AvgIpc) is 2.37. The molecule has 0 unspecified atom stereocenters. The molecule has 0 aliphatic heterocycles. The van der Waals surface area contributed by atoms with Crippen molar-refractivity contribution in [3.8, 4) is 6.07 Å². The van der Waals surface area contributed by atoms with Gasteiger partial charge in [0.2, 0.25) is 0 Å². The topological polar surface area (TPSA) is 107 Å². The molecule has 2 N–H and O–H groups in total. The maximum Gasteiger partial charge on any atom is 0.309 e. The zero-order chi connectivity index (χ0) is 13.4. The Hall–Kier alpha value is -2.49. The number of carbonyl (C=O) groups excluding carboxylic acids is 1. The van der Waals surface area contributed by atoms with E-state index in [4.69, 9.17) is 10.4 Å². The van der Waals surface area contributed by atoms with Gasteiger partial charge in [-0.05, 0) is 5.10 Å². The largest absolute Gasteiger partial charge is 0.481 e. The Morgan fingerprint density at radius 2 is 2.33 bits per heavy atom. The van der Waals surface area contributed by atoms with Crippen LogP contribution in [0, 0.1) is 11.3 Å². The Morgan fingerprint density at radius 3 is 2.89 bits per heavy atom. The van der Waals surface area contributed by atoms with Crippen molar-refractivity contribution < 1.29 is 19.4 Å². The summed E-state index contributed by atoms with van der Waals surface area (Å²) in [7, 11) is 0. The highest BCUT2D eigenvalue weighted by Crippen LogP contribution is 1.93. The molecule has 1 amide bonds. The molecule has 7 heteroatoms. The number of rotatable bonds is 6. The van der Waals surface area contributed by atoms with Gasteiger partial charge in [0, 0.05) is 12.6 Å². The standard InChI is InChI=1S/C11H12N4O3/c12-4-1-5-13-11(18)9-2-6-15(14-8-9)7-3-10(16)17/h2,6,8H,1,3,5,7H2,(H-,13,16,17,18)/p+1. The molecule has 1 rings (SSSR count). The van der Waals surface area contributed by atoms with Crippen LogP contribution in [0.2, 0.25) is 0 Å². The van der Waals surface area contributed by atoms with Crippen LogP contribution in [0.5, 0.6) is 0 Å². The summed E-state index contributed by atoms with van der Waals surface area (Å²) in [4.78, 5) is 21.9. The summed E-state index contributed by atoms with van der Waals surface area (Å²) < 4.78 is 1.44. The molecule has 0 aromatic carbocycles. The molecule has 0 radical (unpaired) electrons. The number of hydrogen-bond acceptors (Lipinski definition) is 4. The van der Waals surface area contributed by atoms with E-state index in [0.29, 0.717) is 12.1 Å². The number of carboxylic acid groups (broad SMARTS) is 1. The Kier molecular flexibility index (Phi) is 5.25. The van der Waals surface area contributed by atoms with Crippen LogP contribution in [0.25, 0.3) is 0 Å². The second-order valence-electron chi connectivity index (χ2n) is 3.49. The first-order valence-corrected chi connectivity index (χ1v) is 5.36. The van der Waals surface area contributed by atoms with E-state index in [-0.39, 0.29) is 25.3 Å². The molecular weight excluding hydrogens is 236 g/mol. The summed E-state index contributed by atoms with van der Waals surface area (Å²) in [5.41, 5.74) is 0.375. The molecule has 0 aliphatic rings. The molecule has 0 saturated heterocycles. The van der Waals surface area contributed by atoms with E-state index in [1.54, 1.807) is 12.3 Å². The highest BCUT2D eigenvalue weighted by molar-refractivity contribution is 5.93. The van der Waals surface area contributed by atoms with Gasteiger partial charge >= 0.3 is 5.97 Å². The molecule has 0 spiro atoms. The number of nitrogens with one attached hydrogen (secondary N) is 1. The van der Waals surface area contributed by atoms with E-state index in [1.165, 1.54) is 10.9 Å². The zero-order valence-electron chi connectivity index (χ0n) is 9.67. The molecule has 7 nitrogen and oxygen atoms in total. The lowest BCUT2D eigenvalue weighted by Crippen LogP contribution is -2.39. The van der Waals surface area contributed by atoms with E-state index >= 15 is 0 Å². The van der Waals surface area contributed by atoms with Gasteiger partial charge in [-0.3, -0.25) is 9.59 Å². The first kappa shape index (κ1) is 13.6. The third-order valence-electron chi connectivity index (χ3n) is 2.11. The molecule has 0 fully saturated rings. The molecule has 18 heavy (non-hydrogen) atoms. The summed E-state index contributed by atoms with van der Waals surface area (Å²) in [6, 6.07) is 3.47. The van der Waals surface area contributed by atoms with Gasteiger partial charge in [0.25, 0.3) is 5.91 Å².